The third-order valence-electron chi connectivity index (χ3n) is 2.73. The van der Waals surface area contributed by atoms with Crippen molar-refractivity contribution in [3.8, 4) is 0 Å². The van der Waals surface area contributed by atoms with Crippen molar-refractivity contribution >= 4 is 38.3 Å². The molecule has 0 aliphatic carbocycles. The predicted octanol–water partition coefficient (Wildman–Crippen LogP) is 3.78. The molecule has 0 unspecified atom stereocenters. The molecule has 0 saturated heterocycles. The molecule has 0 N–H and O–H groups in total. The van der Waals surface area contributed by atoms with Gasteiger partial charge in [-0.05, 0) is 18.2 Å². The van der Waals surface area contributed by atoms with Crippen molar-refractivity contribution in [2.75, 3.05) is 4.90 Å². The van der Waals surface area contributed by atoms with Crippen LogP contribution in [0.15, 0.2) is 48.5 Å². The molecule has 1 aromatic heterocycles. The fourth-order valence-electron chi connectivity index (χ4n) is 1.90. The Bertz CT molecular complexity index is 688. The predicted molar refractivity (Wildman–Crippen MR) is 77.7 cm³/mol. The summed E-state index contributed by atoms with van der Waals surface area (Å²) in [5.41, 5.74) is 1.62. The summed E-state index contributed by atoms with van der Waals surface area (Å²) in [5, 5.41) is 0.677. The minimum absolute atomic E-state index is 0.0507. The van der Waals surface area contributed by atoms with E-state index in [9.17, 15) is 4.79 Å². The highest BCUT2D eigenvalue weighted by Gasteiger charge is 2.17. The van der Waals surface area contributed by atoms with Crippen LogP contribution in [-0.4, -0.2) is 10.9 Å². The first-order valence-electron chi connectivity index (χ1n) is 5.89. The van der Waals surface area contributed by atoms with E-state index in [2.05, 4.69) is 11.1 Å². The summed E-state index contributed by atoms with van der Waals surface area (Å²) in [6.45, 7) is 1.54. The van der Waals surface area contributed by atoms with Gasteiger partial charge >= 0.3 is 0 Å². The van der Waals surface area contributed by atoms with Gasteiger partial charge in [0.2, 0.25) is 5.91 Å². The maximum Gasteiger partial charge on any atom is 0.230 e. The number of hydrogen-bond acceptors (Lipinski definition) is 3. The van der Waals surface area contributed by atoms with E-state index in [1.807, 2.05) is 48.5 Å². The molecule has 1 amide bonds. The van der Waals surface area contributed by atoms with Crippen molar-refractivity contribution < 1.29 is 4.79 Å². The Morgan fingerprint density at radius 1 is 1.21 bits per heavy atom. The molecular formula is C15H11N2OS. The number of carbonyl (C=O) groups is 1. The highest BCUT2D eigenvalue weighted by atomic mass is 32.1. The molecule has 1 radical (unpaired) electrons. The van der Waals surface area contributed by atoms with Crippen LogP contribution in [0.1, 0.15) is 6.92 Å². The molecule has 0 saturated carbocycles. The smallest absolute Gasteiger partial charge is 0.230 e. The van der Waals surface area contributed by atoms with E-state index in [4.69, 9.17) is 0 Å². The molecule has 0 aliphatic rings. The summed E-state index contributed by atoms with van der Waals surface area (Å²) in [4.78, 5) is 18.0. The average Bonchev–Trinajstić information content (AvgIpc) is 2.82. The van der Waals surface area contributed by atoms with E-state index in [1.54, 1.807) is 11.8 Å². The molecule has 1 heterocycles. The molecular weight excluding hydrogens is 256 g/mol. The van der Waals surface area contributed by atoms with E-state index in [1.165, 1.54) is 11.3 Å². The molecule has 3 nitrogen and oxygen atoms in total. The Morgan fingerprint density at radius 3 is 2.68 bits per heavy atom. The Kier molecular flexibility index (Phi) is 3.01. The Hall–Kier alpha value is -2.20. The zero-order valence-corrected chi connectivity index (χ0v) is 11.1. The van der Waals surface area contributed by atoms with Crippen LogP contribution in [0.5, 0.6) is 0 Å². The summed E-state index contributed by atoms with van der Waals surface area (Å²) in [6.07, 6.45) is 0. The number of fused-ring (bicyclic) bond motifs is 1. The lowest BCUT2D eigenvalue weighted by atomic mass is 10.3. The number of nitrogens with zero attached hydrogens (tertiary/aromatic N) is 2. The van der Waals surface area contributed by atoms with Gasteiger partial charge in [0.15, 0.2) is 5.13 Å². The van der Waals surface area contributed by atoms with Crippen LogP contribution in [0.2, 0.25) is 0 Å². The lowest BCUT2D eigenvalue weighted by molar-refractivity contribution is -0.115. The van der Waals surface area contributed by atoms with E-state index in [-0.39, 0.29) is 5.91 Å². The van der Waals surface area contributed by atoms with Crippen molar-refractivity contribution in [1.82, 2.24) is 4.98 Å². The largest absolute Gasteiger partial charge is 0.274 e. The van der Waals surface area contributed by atoms with Gasteiger partial charge < -0.3 is 0 Å². The van der Waals surface area contributed by atoms with Gasteiger partial charge in [-0.3, -0.25) is 9.69 Å². The van der Waals surface area contributed by atoms with Gasteiger partial charge in [-0.15, -0.1) is 0 Å². The van der Waals surface area contributed by atoms with Crippen molar-refractivity contribution in [3.63, 3.8) is 0 Å². The van der Waals surface area contributed by atoms with Gasteiger partial charge in [-0.25, -0.2) is 4.98 Å². The average molecular weight is 267 g/mol. The van der Waals surface area contributed by atoms with Crippen LogP contribution >= 0.6 is 11.3 Å². The summed E-state index contributed by atoms with van der Waals surface area (Å²) >= 11 is 1.49. The molecule has 19 heavy (non-hydrogen) atoms. The minimum atomic E-state index is -0.0507. The lowest BCUT2D eigenvalue weighted by Crippen LogP contribution is -2.22. The van der Waals surface area contributed by atoms with E-state index < -0.39 is 0 Å². The standard InChI is InChI=1S/C15H11N2OS/c1-11(18)17(12-7-3-2-4-8-12)15-16-13-9-5-6-10-14(13)19-15/h2-8,10H,1H3. The van der Waals surface area contributed by atoms with Crippen LogP contribution in [0.3, 0.4) is 0 Å². The Morgan fingerprint density at radius 2 is 2.00 bits per heavy atom. The van der Waals surface area contributed by atoms with Crippen molar-refractivity contribution in [3.05, 3.63) is 54.6 Å². The number of para-hydroxylation sites is 2. The first-order valence-corrected chi connectivity index (χ1v) is 6.70. The Balaban J connectivity index is 2.12. The number of hydrogen-bond donors (Lipinski definition) is 0. The van der Waals surface area contributed by atoms with Crippen LogP contribution in [0, 0.1) is 6.07 Å². The number of thiazole rings is 1. The second kappa shape index (κ2) is 4.82. The second-order valence-electron chi connectivity index (χ2n) is 4.07. The molecule has 0 atom stereocenters. The number of amides is 1. The maximum atomic E-state index is 11.9. The van der Waals surface area contributed by atoms with Gasteiger partial charge in [0.25, 0.3) is 0 Å². The third-order valence-corrected chi connectivity index (χ3v) is 3.73. The lowest BCUT2D eigenvalue weighted by Gasteiger charge is -2.17. The number of rotatable bonds is 2. The summed E-state index contributed by atoms with van der Waals surface area (Å²) in [7, 11) is 0. The summed E-state index contributed by atoms with van der Waals surface area (Å²) < 4.78 is 1.03. The number of anilines is 2. The number of carbonyl (C=O) groups excluding carboxylic acids is 1. The number of benzene rings is 2. The number of aromatic nitrogens is 1. The van der Waals surface area contributed by atoms with E-state index >= 15 is 0 Å². The quantitative estimate of drug-likeness (QED) is 0.708. The molecule has 0 fully saturated rings. The first-order chi connectivity index (χ1) is 9.25. The fraction of sp³-hybridized carbons (Fsp3) is 0.0667. The van der Waals surface area contributed by atoms with E-state index in [0.29, 0.717) is 5.13 Å². The van der Waals surface area contributed by atoms with Gasteiger partial charge in [0, 0.05) is 13.0 Å². The minimum Gasteiger partial charge on any atom is -0.274 e. The molecule has 3 rings (SSSR count). The molecule has 2 aromatic carbocycles. The molecule has 0 bridgehead atoms. The molecule has 0 spiro atoms. The molecule has 0 aliphatic heterocycles. The van der Waals surface area contributed by atoms with Gasteiger partial charge in [0.1, 0.15) is 0 Å². The van der Waals surface area contributed by atoms with Crippen LogP contribution in [0.4, 0.5) is 10.8 Å². The SMILES string of the molecule is CC(=O)N(c1ccccc1)c1nc2[c]cccc2s1. The van der Waals surface area contributed by atoms with Crippen molar-refractivity contribution in [1.29, 1.82) is 0 Å². The van der Waals surface area contributed by atoms with Crippen LogP contribution in [0.25, 0.3) is 10.2 Å². The second-order valence-corrected chi connectivity index (χ2v) is 5.08. The van der Waals surface area contributed by atoms with Crippen molar-refractivity contribution in [2.24, 2.45) is 0 Å². The van der Waals surface area contributed by atoms with Gasteiger partial charge in [-0.2, -0.15) is 0 Å². The topological polar surface area (TPSA) is 33.2 Å². The normalized spacial score (nSPS) is 10.6. The van der Waals surface area contributed by atoms with Gasteiger partial charge in [0.05, 0.1) is 15.9 Å². The zero-order valence-electron chi connectivity index (χ0n) is 10.3. The monoisotopic (exact) mass is 267 g/mol. The zero-order chi connectivity index (χ0) is 13.2. The van der Waals surface area contributed by atoms with Crippen LogP contribution < -0.4 is 4.90 Å². The molecule has 3 aromatic rings. The van der Waals surface area contributed by atoms with Gasteiger partial charge in [-0.1, -0.05) is 41.7 Å². The summed E-state index contributed by atoms with van der Waals surface area (Å²) in [5.74, 6) is -0.0507. The van der Waals surface area contributed by atoms with Crippen LogP contribution in [-0.2, 0) is 4.79 Å². The highest BCUT2D eigenvalue weighted by molar-refractivity contribution is 7.22. The Labute approximate surface area is 115 Å². The summed E-state index contributed by atoms with van der Waals surface area (Å²) in [6, 6.07) is 18.3. The first kappa shape index (κ1) is 11.9. The highest BCUT2D eigenvalue weighted by Crippen LogP contribution is 2.32. The van der Waals surface area contributed by atoms with E-state index in [0.717, 1.165) is 15.9 Å². The fourth-order valence-corrected chi connectivity index (χ4v) is 2.91. The van der Waals surface area contributed by atoms with Crippen molar-refractivity contribution in [2.45, 2.75) is 6.92 Å². The maximum absolute atomic E-state index is 11.9. The molecule has 4 heteroatoms. The third kappa shape index (κ3) is 2.22. The molecule has 93 valence electrons.